The minimum atomic E-state index is 0.611. The highest BCUT2D eigenvalue weighted by Crippen LogP contribution is 2.24. The van der Waals surface area contributed by atoms with Crippen molar-refractivity contribution in [3.8, 4) is 6.07 Å². The highest BCUT2D eigenvalue weighted by molar-refractivity contribution is 4.93. The largest absolute Gasteiger partial charge is 0.381 e. The van der Waals surface area contributed by atoms with E-state index in [1.807, 2.05) is 0 Å². The molecule has 2 unspecified atom stereocenters. The summed E-state index contributed by atoms with van der Waals surface area (Å²) in [4.78, 5) is 0. The number of nitriles is 1. The summed E-state index contributed by atoms with van der Waals surface area (Å²) in [6, 6.07) is 2.12. The summed E-state index contributed by atoms with van der Waals surface area (Å²) < 4.78 is 5.56. The van der Waals surface area contributed by atoms with Crippen molar-refractivity contribution >= 4 is 0 Å². The normalized spacial score (nSPS) is 26.0. The van der Waals surface area contributed by atoms with E-state index in [-0.39, 0.29) is 0 Å². The molecule has 0 aromatic carbocycles. The van der Waals surface area contributed by atoms with E-state index in [0.29, 0.717) is 12.3 Å². The fraction of sp³-hybridized carbons (Fsp3) is 0.750. The molecular weight excluding hydrogens is 174 g/mol. The summed E-state index contributed by atoms with van der Waals surface area (Å²) in [5.74, 6) is 1.43. The SMILES string of the molecule is CC1CC=CCC1COCCCC#N. The van der Waals surface area contributed by atoms with Crippen molar-refractivity contribution in [2.24, 2.45) is 11.8 Å². The van der Waals surface area contributed by atoms with Gasteiger partial charge in [-0.1, -0.05) is 19.1 Å². The summed E-state index contributed by atoms with van der Waals surface area (Å²) in [7, 11) is 0. The lowest BCUT2D eigenvalue weighted by atomic mass is 9.85. The second kappa shape index (κ2) is 6.62. The van der Waals surface area contributed by atoms with E-state index < -0.39 is 0 Å². The van der Waals surface area contributed by atoms with E-state index in [1.54, 1.807) is 0 Å². The van der Waals surface area contributed by atoms with Gasteiger partial charge in [0.15, 0.2) is 0 Å². The van der Waals surface area contributed by atoms with Crippen LogP contribution in [-0.4, -0.2) is 13.2 Å². The maximum atomic E-state index is 8.34. The lowest BCUT2D eigenvalue weighted by Gasteiger charge is -2.24. The van der Waals surface area contributed by atoms with Gasteiger partial charge in [0, 0.05) is 19.6 Å². The van der Waals surface area contributed by atoms with E-state index in [1.165, 1.54) is 6.42 Å². The first-order chi connectivity index (χ1) is 6.84. The fourth-order valence-corrected chi connectivity index (χ4v) is 1.73. The zero-order chi connectivity index (χ0) is 10.2. The Morgan fingerprint density at radius 2 is 2.21 bits per heavy atom. The van der Waals surface area contributed by atoms with Gasteiger partial charge in [0.2, 0.25) is 0 Å². The minimum Gasteiger partial charge on any atom is -0.381 e. The summed E-state index contributed by atoms with van der Waals surface area (Å²) in [5, 5.41) is 8.34. The van der Waals surface area contributed by atoms with E-state index in [0.717, 1.165) is 32.0 Å². The summed E-state index contributed by atoms with van der Waals surface area (Å²) in [6.45, 7) is 3.88. The van der Waals surface area contributed by atoms with Crippen LogP contribution in [-0.2, 0) is 4.74 Å². The van der Waals surface area contributed by atoms with Crippen LogP contribution in [0.1, 0.15) is 32.6 Å². The zero-order valence-electron chi connectivity index (χ0n) is 8.91. The van der Waals surface area contributed by atoms with Crippen LogP contribution in [0.3, 0.4) is 0 Å². The monoisotopic (exact) mass is 193 g/mol. The molecular formula is C12H19NO. The number of hydrogen-bond donors (Lipinski definition) is 0. The molecule has 0 heterocycles. The fourth-order valence-electron chi connectivity index (χ4n) is 1.73. The number of unbranched alkanes of at least 4 members (excludes halogenated alkanes) is 1. The van der Waals surface area contributed by atoms with Crippen molar-refractivity contribution in [3.63, 3.8) is 0 Å². The average molecular weight is 193 g/mol. The molecule has 0 saturated carbocycles. The lowest BCUT2D eigenvalue weighted by molar-refractivity contribution is 0.0782. The molecule has 0 bridgehead atoms. The first-order valence-corrected chi connectivity index (χ1v) is 5.44. The van der Waals surface area contributed by atoms with Gasteiger partial charge in [0.05, 0.1) is 6.07 Å². The Morgan fingerprint density at radius 3 is 2.93 bits per heavy atom. The van der Waals surface area contributed by atoms with Crippen LogP contribution in [0, 0.1) is 23.2 Å². The van der Waals surface area contributed by atoms with Gasteiger partial charge in [-0.2, -0.15) is 5.26 Å². The van der Waals surface area contributed by atoms with Crippen molar-refractivity contribution in [1.82, 2.24) is 0 Å². The summed E-state index contributed by atoms with van der Waals surface area (Å²) in [5.41, 5.74) is 0. The Kier molecular flexibility index (Phi) is 5.32. The maximum absolute atomic E-state index is 8.34. The molecule has 0 amide bonds. The predicted octanol–water partition coefficient (Wildman–Crippen LogP) is 2.91. The number of allylic oxidation sites excluding steroid dienone is 2. The third-order valence-electron chi connectivity index (χ3n) is 2.83. The molecule has 78 valence electrons. The maximum Gasteiger partial charge on any atom is 0.0622 e. The van der Waals surface area contributed by atoms with Crippen molar-refractivity contribution in [1.29, 1.82) is 5.26 Å². The van der Waals surface area contributed by atoms with Crippen LogP contribution in [0.4, 0.5) is 0 Å². The predicted molar refractivity (Wildman–Crippen MR) is 56.7 cm³/mol. The number of hydrogen-bond acceptors (Lipinski definition) is 2. The van der Waals surface area contributed by atoms with Crippen LogP contribution >= 0.6 is 0 Å². The van der Waals surface area contributed by atoms with Gasteiger partial charge in [0.25, 0.3) is 0 Å². The van der Waals surface area contributed by atoms with E-state index in [4.69, 9.17) is 10.00 Å². The zero-order valence-corrected chi connectivity index (χ0v) is 8.91. The van der Waals surface area contributed by atoms with Gasteiger partial charge < -0.3 is 4.74 Å². The first-order valence-electron chi connectivity index (χ1n) is 5.44. The van der Waals surface area contributed by atoms with Crippen LogP contribution in [0.15, 0.2) is 12.2 Å². The molecule has 0 N–H and O–H groups in total. The van der Waals surface area contributed by atoms with Gasteiger partial charge in [-0.3, -0.25) is 0 Å². The molecule has 0 fully saturated rings. The second-order valence-corrected chi connectivity index (χ2v) is 4.02. The van der Waals surface area contributed by atoms with Crippen molar-refractivity contribution < 1.29 is 4.74 Å². The first kappa shape index (κ1) is 11.3. The Hall–Kier alpha value is -0.810. The molecule has 14 heavy (non-hydrogen) atoms. The number of nitrogens with zero attached hydrogens (tertiary/aromatic N) is 1. The molecule has 1 aliphatic rings. The molecule has 0 saturated heterocycles. The van der Waals surface area contributed by atoms with Crippen LogP contribution < -0.4 is 0 Å². The van der Waals surface area contributed by atoms with Crippen LogP contribution in [0.5, 0.6) is 0 Å². The van der Waals surface area contributed by atoms with E-state index >= 15 is 0 Å². The second-order valence-electron chi connectivity index (χ2n) is 4.02. The molecule has 2 nitrogen and oxygen atoms in total. The van der Waals surface area contributed by atoms with Crippen molar-refractivity contribution in [3.05, 3.63) is 12.2 Å². The van der Waals surface area contributed by atoms with Gasteiger partial charge in [0.1, 0.15) is 0 Å². The third kappa shape index (κ3) is 3.93. The lowest BCUT2D eigenvalue weighted by Crippen LogP contribution is -2.19. The van der Waals surface area contributed by atoms with Crippen LogP contribution in [0.25, 0.3) is 0 Å². The highest BCUT2D eigenvalue weighted by Gasteiger charge is 2.17. The number of rotatable bonds is 5. The molecule has 0 aliphatic heterocycles. The third-order valence-corrected chi connectivity index (χ3v) is 2.83. The van der Waals surface area contributed by atoms with Crippen molar-refractivity contribution in [2.75, 3.05) is 13.2 Å². The quantitative estimate of drug-likeness (QED) is 0.497. The molecule has 0 spiro atoms. The number of ether oxygens (including phenoxy) is 1. The standard InChI is InChI=1S/C12H19NO/c1-11-6-2-3-7-12(11)10-14-9-5-4-8-13/h2-3,11-12H,4-7,9-10H2,1H3. The van der Waals surface area contributed by atoms with Crippen LogP contribution in [0.2, 0.25) is 0 Å². The minimum absolute atomic E-state index is 0.611. The summed E-state index contributed by atoms with van der Waals surface area (Å²) >= 11 is 0. The molecule has 0 aromatic rings. The van der Waals surface area contributed by atoms with E-state index in [9.17, 15) is 0 Å². The van der Waals surface area contributed by atoms with Crippen molar-refractivity contribution in [2.45, 2.75) is 32.6 Å². The molecule has 0 radical (unpaired) electrons. The Bertz CT molecular complexity index is 217. The highest BCUT2D eigenvalue weighted by atomic mass is 16.5. The summed E-state index contributed by atoms with van der Waals surface area (Å²) in [6.07, 6.45) is 8.33. The molecule has 2 atom stereocenters. The van der Waals surface area contributed by atoms with Gasteiger partial charge in [-0.15, -0.1) is 0 Å². The van der Waals surface area contributed by atoms with Gasteiger partial charge in [-0.05, 0) is 31.1 Å². The molecule has 1 rings (SSSR count). The topological polar surface area (TPSA) is 33.0 Å². The average Bonchev–Trinajstić information content (AvgIpc) is 2.20. The Balaban J connectivity index is 2.06. The Morgan fingerprint density at radius 1 is 1.43 bits per heavy atom. The Labute approximate surface area is 86.6 Å². The molecule has 1 aliphatic carbocycles. The molecule has 2 heteroatoms. The van der Waals surface area contributed by atoms with E-state index in [2.05, 4.69) is 25.1 Å². The molecule has 0 aromatic heterocycles. The van der Waals surface area contributed by atoms with Gasteiger partial charge in [-0.25, -0.2) is 0 Å². The van der Waals surface area contributed by atoms with Gasteiger partial charge >= 0.3 is 0 Å². The smallest absolute Gasteiger partial charge is 0.0622 e.